The van der Waals surface area contributed by atoms with Gasteiger partial charge in [-0.1, -0.05) is 18.2 Å². The Kier molecular flexibility index (Phi) is 6.43. The van der Waals surface area contributed by atoms with E-state index in [-0.39, 0.29) is 11.5 Å². The summed E-state index contributed by atoms with van der Waals surface area (Å²) in [6.07, 6.45) is 1.45. The van der Waals surface area contributed by atoms with Gasteiger partial charge in [0.05, 0.1) is 25.9 Å². The predicted molar refractivity (Wildman–Crippen MR) is 136 cm³/mol. The first-order valence-electron chi connectivity index (χ1n) is 10.9. The van der Waals surface area contributed by atoms with Crippen molar-refractivity contribution in [3.8, 4) is 22.6 Å². The molecule has 8 heteroatoms. The summed E-state index contributed by atoms with van der Waals surface area (Å²) in [6.45, 7) is 7.79. The number of anilines is 1. The molecule has 34 heavy (non-hydrogen) atoms. The molecule has 0 saturated carbocycles. The highest BCUT2D eigenvalue weighted by atomic mass is 32.1. The molecular weight excluding hydrogens is 450 g/mol. The van der Waals surface area contributed by atoms with Gasteiger partial charge in [-0.15, -0.1) is 11.3 Å². The van der Waals surface area contributed by atoms with Crippen molar-refractivity contribution in [2.75, 3.05) is 19.5 Å². The smallest absolute Gasteiger partial charge is 0.263 e. The van der Waals surface area contributed by atoms with Gasteiger partial charge in [0.2, 0.25) is 5.91 Å². The monoisotopic (exact) mass is 477 g/mol. The first kappa shape index (κ1) is 23.5. The molecule has 0 bridgehead atoms. The Morgan fingerprint density at radius 3 is 2.44 bits per heavy atom. The molecule has 7 nitrogen and oxygen atoms in total. The largest absolute Gasteiger partial charge is 0.493 e. The Morgan fingerprint density at radius 1 is 1.03 bits per heavy atom. The van der Waals surface area contributed by atoms with E-state index < -0.39 is 6.04 Å². The number of ether oxygens (including phenoxy) is 2. The van der Waals surface area contributed by atoms with Crippen LogP contribution in [0.3, 0.4) is 0 Å². The third-order valence-electron chi connectivity index (χ3n) is 6.06. The SMILES string of the molecule is COc1ccc(NC(=O)C(C)n2cnc3sc(C)c(-c4ccc(C)c(C)c4)c3c2=O)cc1OC. The standard InChI is InChI=1S/C26H27N3O4S/c1-14-7-8-18(11-15(14)2)22-17(4)34-25-23(22)26(31)29(13-27-25)16(3)24(30)28-19-9-10-20(32-5)21(12-19)33-6/h7-13,16H,1-6H3,(H,28,30). The molecule has 0 aliphatic carbocycles. The molecule has 1 N–H and O–H groups in total. The van der Waals surface area contributed by atoms with E-state index in [9.17, 15) is 9.59 Å². The molecule has 0 fully saturated rings. The number of carbonyl (C=O) groups is 1. The minimum atomic E-state index is -0.773. The first-order valence-corrected chi connectivity index (χ1v) is 11.7. The van der Waals surface area contributed by atoms with Crippen LogP contribution in [0.4, 0.5) is 5.69 Å². The highest BCUT2D eigenvalue weighted by Crippen LogP contribution is 2.36. The van der Waals surface area contributed by atoms with Crippen molar-refractivity contribution in [2.24, 2.45) is 0 Å². The molecular formula is C26H27N3O4S. The molecule has 2 aromatic carbocycles. The van der Waals surface area contributed by atoms with Crippen molar-refractivity contribution >= 4 is 33.1 Å². The third-order valence-corrected chi connectivity index (χ3v) is 7.07. The summed E-state index contributed by atoms with van der Waals surface area (Å²) in [7, 11) is 3.08. The lowest BCUT2D eigenvalue weighted by Gasteiger charge is -2.16. The van der Waals surface area contributed by atoms with Gasteiger partial charge in [0.15, 0.2) is 11.5 Å². The van der Waals surface area contributed by atoms with E-state index >= 15 is 0 Å². The molecule has 0 aliphatic rings. The maximum atomic E-state index is 13.6. The lowest BCUT2D eigenvalue weighted by atomic mass is 9.99. The highest BCUT2D eigenvalue weighted by Gasteiger charge is 2.22. The third kappa shape index (κ3) is 4.17. The summed E-state index contributed by atoms with van der Waals surface area (Å²) >= 11 is 1.49. The maximum absolute atomic E-state index is 13.6. The van der Waals surface area contributed by atoms with Gasteiger partial charge in [0.1, 0.15) is 10.9 Å². The number of aryl methyl sites for hydroxylation is 3. The van der Waals surface area contributed by atoms with E-state index in [1.807, 2.05) is 13.0 Å². The second-order valence-corrected chi connectivity index (χ2v) is 9.41. The summed E-state index contributed by atoms with van der Waals surface area (Å²) in [5.41, 5.74) is 4.50. The number of aromatic nitrogens is 2. The summed E-state index contributed by atoms with van der Waals surface area (Å²) in [5, 5.41) is 3.39. The average Bonchev–Trinajstić information content (AvgIpc) is 3.17. The van der Waals surface area contributed by atoms with E-state index in [1.54, 1.807) is 32.2 Å². The van der Waals surface area contributed by atoms with Crippen molar-refractivity contribution in [1.82, 2.24) is 9.55 Å². The topological polar surface area (TPSA) is 82.5 Å². The van der Waals surface area contributed by atoms with Crippen LogP contribution in [-0.2, 0) is 4.79 Å². The van der Waals surface area contributed by atoms with E-state index in [4.69, 9.17) is 9.47 Å². The highest BCUT2D eigenvalue weighted by molar-refractivity contribution is 7.19. The Hall–Kier alpha value is -3.65. The second kappa shape index (κ2) is 9.30. The Labute approximate surface area is 202 Å². The van der Waals surface area contributed by atoms with Crippen LogP contribution >= 0.6 is 11.3 Å². The maximum Gasteiger partial charge on any atom is 0.263 e. The number of nitrogens with one attached hydrogen (secondary N) is 1. The lowest BCUT2D eigenvalue weighted by Crippen LogP contribution is -2.31. The van der Waals surface area contributed by atoms with Gasteiger partial charge in [-0.3, -0.25) is 14.2 Å². The second-order valence-electron chi connectivity index (χ2n) is 8.20. The fraction of sp³-hybridized carbons (Fsp3) is 0.269. The van der Waals surface area contributed by atoms with Gasteiger partial charge < -0.3 is 14.8 Å². The first-order chi connectivity index (χ1) is 16.2. The van der Waals surface area contributed by atoms with E-state index in [1.165, 1.54) is 34.9 Å². The summed E-state index contributed by atoms with van der Waals surface area (Å²) in [6, 6.07) is 10.5. The quantitative estimate of drug-likeness (QED) is 0.409. The molecule has 1 amide bonds. The molecule has 0 aliphatic heterocycles. The summed E-state index contributed by atoms with van der Waals surface area (Å²) in [4.78, 5) is 32.8. The lowest BCUT2D eigenvalue weighted by molar-refractivity contribution is -0.118. The van der Waals surface area contributed by atoms with Crippen molar-refractivity contribution < 1.29 is 14.3 Å². The number of nitrogens with zero attached hydrogens (tertiary/aromatic N) is 2. The van der Waals surface area contributed by atoms with Crippen LogP contribution in [0.2, 0.25) is 0 Å². The molecule has 1 atom stereocenters. The Morgan fingerprint density at radius 2 is 1.76 bits per heavy atom. The number of amides is 1. The average molecular weight is 478 g/mol. The molecule has 2 heterocycles. The van der Waals surface area contributed by atoms with Gasteiger partial charge in [-0.2, -0.15) is 0 Å². The van der Waals surface area contributed by atoms with Crippen molar-refractivity contribution in [1.29, 1.82) is 0 Å². The zero-order chi connectivity index (χ0) is 24.6. The van der Waals surface area contributed by atoms with Crippen LogP contribution in [0.5, 0.6) is 11.5 Å². The van der Waals surface area contributed by atoms with Crippen LogP contribution in [0.15, 0.2) is 47.5 Å². The molecule has 176 valence electrons. The number of thiophene rings is 1. The number of hydrogen-bond donors (Lipinski definition) is 1. The Balaban J connectivity index is 1.72. The van der Waals surface area contributed by atoms with Crippen molar-refractivity contribution in [3.05, 3.63) is 69.1 Å². The molecule has 0 radical (unpaired) electrons. The number of benzene rings is 2. The minimum absolute atomic E-state index is 0.238. The van der Waals surface area contributed by atoms with E-state index in [2.05, 4.69) is 36.3 Å². The number of hydrogen-bond acceptors (Lipinski definition) is 6. The predicted octanol–water partition coefficient (Wildman–Crippen LogP) is 5.27. The van der Waals surface area contributed by atoms with Crippen LogP contribution in [0, 0.1) is 20.8 Å². The van der Waals surface area contributed by atoms with Crippen LogP contribution in [0.1, 0.15) is 29.0 Å². The van der Waals surface area contributed by atoms with Crippen molar-refractivity contribution in [2.45, 2.75) is 33.7 Å². The zero-order valence-corrected chi connectivity index (χ0v) is 20.9. The number of methoxy groups -OCH3 is 2. The minimum Gasteiger partial charge on any atom is -0.493 e. The number of rotatable bonds is 6. The number of fused-ring (bicyclic) bond motifs is 1. The zero-order valence-electron chi connectivity index (χ0n) is 20.1. The van der Waals surface area contributed by atoms with Crippen LogP contribution < -0.4 is 20.3 Å². The molecule has 4 aromatic rings. The van der Waals surface area contributed by atoms with Crippen LogP contribution in [-0.4, -0.2) is 29.7 Å². The molecule has 2 aromatic heterocycles. The van der Waals surface area contributed by atoms with Gasteiger partial charge in [-0.05, 0) is 56.5 Å². The van der Waals surface area contributed by atoms with Crippen LogP contribution in [0.25, 0.3) is 21.3 Å². The Bertz CT molecular complexity index is 1450. The van der Waals surface area contributed by atoms with E-state index in [0.717, 1.165) is 21.6 Å². The molecule has 0 saturated heterocycles. The summed E-state index contributed by atoms with van der Waals surface area (Å²) in [5.74, 6) is 0.723. The summed E-state index contributed by atoms with van der Waals surface area (Å²) < 4.78 is 11.9. The fourth-order valence-electron chi connectivity index (χ4n) is 3.92. The molecule has 0 spiro atoms. The van der Waals surface area contributed by atoms with Crippen molar-refractivity contribution in [3.63, 3.8) is 0 Å². The van der Waals surface area contributed by atoms with E-state index in [0.29, 0.717) is 27.4 Å². The fourth-order valence-corrected chi connectivity index (χ4v) is 4.93. The normalized spacial score (nSPS) is 11.9. The molecule has 1 unspecified atom stereocenters. The number of carbonyl (C=O) groups excluding carboxylic acids is 1. The van der Waals surface area contributed by atoms with Gasteiger partial charge in [0.25, 0.3) is 5.56 Å². The van der Waals surface area contributed by atoms with Gasteiger partial charge in [-0.25, -0.2) is 4.98 Å². The van der Waals surface area contributed by atoms with Gasteiger partial charge >= 0.3 is 0 Å². The molecule has 4 rings (SSSR count). The van der Waals surface area contributed by atoms with Gasteiger partial charge in [0, 0.05) is 22.2 Å².